The van der Waals surface area contributed by atoms with E-state index in [0.29, 0.717) is 22.0 Å². The van der Waals surface area contributed by atoms with E-state index in [1.54, 1.807) is 41.2 Å². The van der Waals surface area contributed by atoms with Crippen LogP contribution in [0.25, 0.3) is 10.9 Å². The van der Waals surface area contributed by atoms with Crippen molar-refractivity contribution in [3.05, 3.63) is 89.6 Å². The lowest BCUT2D eigenvalue weighted by atomic mass is 10.1. The van der Waals surface area contributed by atoms with E-state index in [4.69, 9.17) is 11.6 Å². The zero-order chi connectivity index (χ0) is 20.2. The Hall–Kier alpha value is -3.64. The van der Waals surface area contributed by atoms with Gasteiger partial charge in [-0.25, -0.2) is 0 Å². The maximum absolute atomic E-state index is 12.5. The predicted molar refractivity (Wildman–Crippen MR) is 114 cm³/mol. The lowest BCUT2D eigenvalue weighted by Crippen LogP contribution is -2.20. The highest BCUT2D eigenvalue weighted by molar-refractivity contribution is 6.34. The van der Waals surface area contributed by atoms with E-state index >= 15 is 0 Å². The summed E-state index contributed by atoms with van der Waals surface area (Å²) in [5.41, 5.74) is 2.31. The lowest BCUT2D eigenvalue weighted by molar-refractivity contribution is -0.116. The van der Waals surface area contributed by atoms with E-state index < -0.39 is 0 Å². The minimum absolute atomic E-state index is 0.0320. The Morgan fingerprint density at radius 3 is 2.52 bits per heavy atom. The molecular weight excluding hydrogens is 388 g/mol. The van der Waals surface area contributed by atoms with Crippen molar-refractivity contribution in [1.82, 2.24) is 9.78 Å². The van der Waals surface area contributed by atoms with Crippen molar-refractivity contribution in [2.45, 2.75) is 6.54 Å². The van der Waals surface area contributed by atoms with Gasteiger partial charge in [0.15, 0.2) is 0 Å². The van der Waals surface area contributed by atoms with Crippen molar-refractivity contribution in [3.8, 4) is 0 Å². The van der Waals surface area contributed by atoms with Gasteiger partial charge in [0.2, 0.25) is 5.91 Å². The summed E-state index contributed by atoms with van der Waals surface area (Å²) in [5, 5.41) is 11.1. The molecule has 0 aliphatic rings. The second kappa shape index (κ2) is 8.16. The smallest absolute Gasteiger partial charge is 0.255 e. The number of anilines is 2. The maximum Gasteiger partial charge on any atom is 0.255 e. The first-order valence-corrected chi connectivity index (χ1v) is 9.34. The highest BCUT2D eigenvalue weighted by Gasteiger charge is 2.13. The summed E-state index contributed by atoms with van der Waals surface area (Å²) >= 11 is 6.21. The number of benzene rings is 3. The molecule has 0 bridgehead atoms. The first kappa shape index (κ1) is 18.7. The van der Waals surface area contributed by atoms with E-state index in [-0.39, 0.29) is 18.4 Å². The van der Waals surface area contributed by atoms with Crippen LogP contribution in [-0.4, -0.2) is 21.6 Å². The maximum atomic E-state index is 12.5. The van der Waals surface area contributed by atoms with Crippen LogP contribution in [0.1, 0.15) is 10.4 Å². The molecule has 29 heavy (non-hydrogen) atoms. The van der Waals surface area contributed by atoms with Crippen molar-refractivity contribution >= 4 is 45.7 Å². The van der Waals surface area contributed by atoms with Crippen LogP contribution in [0.3, 0.4) is 0 Å². The molecule has 1 heterocycles. The van der Waals surface area contributed by atoms with Crippen LogP contribution < -0.4 is 10.6 Å². The van der Waals surface area contributed by atoms with Crippen LogP contribution in [0.5, 0.6) is 0 Å². The summed E-state index contributed by atoms with van der Waals surface area (Å²) in [5.74, 6) is -0.581. The molecule has 1 aromatic heterocycles. The van der Waals surface area contributed by atoms with E-state index in [9.17, 15) is 9.59 Å². The van der Waals surface area contributed by atoms with Gasteiger partial charge in [0.05, 0.1) is 22.4 Å². The van der Waals surface area contributed by atoms with Crippen molar-refractivity contribution in [2.75, 3.05) is 10.6 Å². The van der Waals surface area contributed by atoms with Crippen LogP contribution in [-0.2, 0) is 11.3 Å². The molecule has 3 aromatic carbocycles. The fourth-order valence-electron chi connectivity index (χ4n) is 2.96. The summed E-state index contributed by atoms with van der Waals surface area (Å²) in [6.45, 7) is 0.0320. The van der Waals surface area contributed by atoms with Gasteiger partial charge in [0.1, 0.15) is 6.54 Å². The molecular formula is C22H17ClN4O2. The number of nitrogens with one attached hydrogen (secondary N) is 2. The summed E-state index contributed by atoms with van der Waals surface area (Å²) < 4.78 is 1.62. The van der Waals surface area contributed by atoms with E-state index in [0.717, 1.165) is 10.9 Å². The predicted octanol–water partition coefficient (Wildman–Crippen LogP) is 4.58. The molecule has 0 aliphatic carbocycles. The highest BCUT2D eigenvalue weighted by atomic mass is 35.5. The quantitative estimate of drug-likeness (QED) is 0.511. The summed E-state index contributed by atoms with van der Waals surface area (Å²) in [6.07, 6.45) is 1.71. The summed E-state index contributed by atoms with van der Waals surface area (Å²) in [6, 6.07) is 21.5. The SMILES string of the molecule is O=C(Cn1ncc2ccccc21)Nc1cc(C(=O)Nc2ccccc2)ccc1Cl. The summed E-state index contributed by atoms with van der Waals surface area (Å²) in [7, 11) is 0. The first-order chi connectivity index (χ1) is 14.1. The van der Waals surface area contributed by atoms with Gasteiger partial charge in [-0.15, -0.1) is 0 Å². The molecule has 2 N–H and O–H groups in total. The third-order valence-corrected chi connectivity index (χ3v) is 4.71. The molecule has 2 amide bonds. The van der Waals surface area contributed by atoms with Crippen LogP contribution in [0.15, 0.2) is 79.0 Å². The van der Waals surface area contributed by atoms with Crippen LogP contribution in [0.4, 0.5) is 11.4 Å². The number of nitrogens with zero attached hydrogens (tertiary/aromatic N) is 2. The highest BCUT2D eigenvalue weighted by Crippen LogP contribution is 2.24. The fraction of sp³-hybridized carbons (Fsp3) is 0.0455. The Labute approximate surface area is 172 Å². The minimum Gasteiger partial charge on any atom is -0.323 e. The summed E-state index contributed by atoms with van der Waals surface area (Å²) in [4.78, 5) is 25.0. The van der Waals surface area contributed by atoms with Gasteiger partial charge in [-0.3, -0.25) is 14.3 Å². The molecule has 0 radical (unpaired) electrons. The second-order valence-electron chi connectivity index (χ2n) is 6.42. The lowest BCUT2D eigenvalue weighted by Gasteiger charge is -2.11. The Morgan fingerprint density at radius 2 is 1.69 bits per heavy atom. The minimum atomic E-state index is -0.290. The monoisotopic (exact) mass is 404 g/mol. The molecule has 4 rings (SSSR count). The van der Waals surface area contributed by atoms with Crippen molar-refractivity contribution in [1.29, 1.82) is 0 Å². The van der Waals surface area contributed by atoms with Crippen LogP contribution >= 0.6 is 11.6 Å². The van der Waals surface area contributed by atoms with Crippen LogP contribution in [0.2, 0.25) is 5.02 Å². The van der Waals surface area contributed by atoms with E-state index in [1.807, 2.05) is 42.5 Å². The molecule has 6 nitrogen and oxygen atoms in total. The number of halogens is 1. The number of hydrogen-bond donors (Lipinski definition) is 2. The molecule has 7 heteroatoms. The average Bonchev–Trinajstić information content (AvgIpc) is 3.13. The van der Waals surface area contributed by atoms with E-state index in [2.05, 4.69) is 15.7 Å². The molecule has 0 atom stereocenters. The zero-order valence-electron chi connectivity index (χ0n) is 15.3. The van der Waals surface area contributed by atoms with E-state index in [1.165, 1.54) is 0 Å². The first-order valence-electron chi connectivity index (χ1n) is 8.96. The molecule has 0 unspecified atom stereocenters. The third-order valence-electron chi connectivity index (χ3n) is 4.38. The molecule has 0 spiro atoms. The number of carbonyl (C=O) groups is 2. The number of carbonyl (C=O) groups excluding carboxylic acids is 2. The number of rotatable bonds is 5. The molecule has 4 aromatic rings. The van der Waals surface area contributed by atoms with Gasteiger partial charge < -0.3 is 10.6 Å². The third kappa shape index (κ3) is 4.28. The molecule has 0 aliphatic heterocycles. The Balaban J connectivity index is 1.48. The molecule has 0 saturated heterocycles. The second-order valence-corrected chi connectivity index (χ2v) is 6.83. The number of aromatic nitrogens is 2. The number of hydrogen-bond acceptors (Lipinski definition) is 3. The van der Waals surface area contributed by atoms with Gasteiger partial charge >= 0.3 is 0 Å². The van der Waals surface area contributed by atoms with Crippen molar-refractivity contribution < 1.29 is 9.59 Å². The largest absolute Gasteiger partial charge is 0.323 e. The Morgan fingerprint density at radius 1 is 0.931 bits per heavy atom. The zero-order valence-corrected chi connectivity index (χ0v) is 16.1. The average molecular weight is 405 g/mol. The van der Waals surface area contributed by atoms with Gasteiger partial charge in [0, 0.05) is 16.6 Å². The topological polar surface area (TPSA) is 76.0 Å². The van der Waals surface area contributed by atoms with Gasteiger partial charge in [-0.2, -0.15) is 5.10 Å². The van der Waals surface area contributed by atoms with Gasteiger partial charge in [-0.1, -0.05) is 48.0 Å². The van der Waals surface area contributed by atoms with Crippen molar-refractivity contribution in [2.24, 2.45) is 0 Å². The molecule has 144 valence electrons. The standard InChI is InChI=1S/C22H17ClN4O2/c23-18-11-10-15(22(29)25-17-7-2-1-3-8-17)12-19(18)26-21(28)14-27-20-9-5-4-6-16(20)13-24-27/h1-13H,14H2,(H,25,29)(H,26,28). The van der Waals surface area contributed by atoms with Crippen molar-refractivity contribution in [3.63, 3.8) is 0 Å². The Bertz CT molecular complexity index is 1190. The van der Waals surface area contributed by atoms with Gasteiger partial charge in [-0.05, 0) is 36.4 Å². The molecule has 0 fully saturated rings. The number of fused-ring (bicyclic) bond motifs is 1. The Kier molecular flexibility index (Phi) is 5.27. The molecule has 0 saturated carbocycles. The van der Waals surface area contributed by atoms with Crippen LogP contribution in [0, 0.1) is 0 Å². The normalized spacial score (nSPS) is 10.7. The fourth-order valence-corrected chi connectivity index (χ4v) is 3.13. The number of amides is 2. The van der Waals surface area contributed by atoms with Gasteiger partial charge in [0.25, 0.3) is 5.91 Å². The number of para-hydroxylation sites is 2.